The lowest BCUT2D eigenvalue weighted by molar-refractivity contribution is -0.129. The summed E-state index contributed by atoms with van der Waals surface area (Å²) in [7, 11) is 0. The van der Waals surface area contributed by atoms with E-state index in [4.69, 9.17) is 21.1 Å². The summed E-state index contributed by atoms with van der Waals surface area (Å²) >= 11 is 6.06. The second-order valence-corrected chi connectivity index (χ2v) is 7.90. The average molecular weight is 436 g/mol. The zero-order valence-corrected chi connectivity index (χ0v) is 18.0. The molecule has 3 aromatic rings. The first kappa shape index (κ1) is 21.2. The van der Waals surface area contributed by atoms with E-state index in [0.29, 0.717) is 40.6 Å². The van der Waals surface area contributed by atoms with Gasteiger partial charge < -0.3 is 14.8 Å². The normalized spacial score (nSPS) is 14.9. The molecule has 1 fully saturated rings. The molecule has 1 aliphatic heterocycles. The molecule has 1 amide bonds. The van der Waals surface area contributed by atoms with Crippen LogP contribution in [0.25, 0.3) is 0 Å². The molecule has 1 heterocycles. The molecular formula is C25H22ClNO4. The molecule has 0 saturated carbocycles. The lowest BCUT2D eigenvalue weighted by Gasteiger charge is -2.29. The van der Waals surface area contributed by atoms with Gasteiger partial charge in [0.15, 0.2) is 5.78 Å². The monoisotopic (exact) mass is 435 g/mol. The number of amides is 1. The summed E-state index contributed by atoms with van der Waals surface area (Å²) < 4.78 is 12.1. The first-order valence-electron chi connectivity index (χ1n) is 9.96. The summed E-state index contributed by atoms with van der Waals surface area (Å²) in [5.74, 6) is -1.61. The summed E-state index contributed by atoms with van der Waals surface area (Å²) in [6.07, 6.45) is 0. The summed E-state index contributed by atoms with van der Waals surface area (Å²) in [6.45, 7) is 4.17. The van der Waals surface area contributed by atoms with E-state index in [0.717, 1.165) is 11.1 Å². The highest BCUT2D eigenvalue weighted by atomic mass is 35.5. The van der Waals surface area contributed by atoms with Gasteiger partial charge in [0.2, 0.25) is 11.7 Å². The molecule has 3 aromatic carbocycles. The largest absolute Gasteiger partial charge is 0.340 e. The van der Waals surface area contributed by atoms with Crippen molar-refractivity contribution in [2.75, 3.05) is 18.5 Å². The Hall–Kier alpha value is -2.99. The first-order valence-corrected chi connectivity index (χ1v) is 10.3. The Labute approximate surface area is 185 Å². The van der Waals surface area contributed by atoms with Crippen LogP contribution in [0.4, 0.5) is 5.69 Å². The fraction of sp³-hybridized carbons (Fsp3) is 0.200. The summed E-state index contributed by atoms with van der Waals surface area (Å²) in [4.78, 5) is 25.2. The molecule has 0 atom stereocenters. The highest BCUT2D eigenvalue weighted by Crippen LogP contribution is 2.40. The Bertz CT molecular complexity index is 1130. The van der Waals surface area contributed by atoms with Gasteiger partial charge in [0.1, 0.15) is 0 Å². The number of ketones is 1. The number of nitrogens with one attached hydrogen (secondary N) is 1. The zero-order chi connectivity index (χ0) is 22.0. The van der Waals surface area contributed by atoms with Gasteiger partial charge in [-0.15, -0.1) is 0 Å². The standard InChI is InChI=1S/C25H22ClNO4/c1-16-4-3-5-18(14-16)24(29)22-15-20(8-11-23(22)27-17(2)28)25(30-12-13-31-25)19-6-9-21(26)10-7-19/h3-11,14-15H,12-13H2,1-2H3,(H,27,28). The van der Waals surface area contributed by atoms with Gasteiger partial charge in [-0.05, 0) is 37.3 Å². The molecule has 158 valence electrons. The molecular weight excluding hydrogens is 414 g/mol. The number of hydrogen-bond acceptors (Lipinski definition) is 4. The van der Waals surface area contributed by atoms with Crippen LogP contribution in [0.15, 0.2) is 66.7 Å². The highest BCUT2D eigenvalue weighted by Gasteiger charge is 2.41. The molecule has 1 saturated heterocycles. The topological polar surface area (TPSA) is 64.6 Å². The van der Waals surface area contributed by atoms with Gasteiger partial charge in [-0.2, -0.15) is 0 Å². The zero-order valence-electron chi connectivity index (χ0n) is 17.3. The van der Waals surface area contributed by atoms with Gasteiger partial charge in [-0.25, -0.2) is 0 Å². The maximum Gasteiger partial charge on any atom is 0.222 e. The Balaban J connectivity index is 1.85. The second-order valence-electron chi connectivity index (χ2n) is 7.46. The minimum atomic E-state index is -1.15. The van der Waals surface area contributed by atoms with Crippen LogP contribution in [-0.4, -0.2) is 24.9 Å². The van der Waals surface area contributed by atoms with Gasteiger partial charge >= 0.3 is 0 Å². The molecule has 0 radical (unpaired) electrons. The number of rotatable bonds is 5. The van der Waals surface area contributed by atoms with Crippen molar-refractivity contribution in [2.45, 2.75) is 19.6 Å². The number of carbonyl (C=O) groups excluding carboxylic acids is 2. The quantitative estimate of drug-likeness (QED) is 0.567. The highest BCUT2D eigenvalue weighted by molar-refractivity contribution is 6.30. The molecule has 0 aromatic heterocycles. The van der Waals surface area contributed by atoms with Crippen molar-refractivity contribution < 1.29 is 19.1 Å². The molecule has 1 N–H and O–H groups in total. The first-order chi connectivity index (χ1) is 14.9. The summed E-state index contributed by atoms with van der Waals surface area (Å²) in [5, 5.41) is 3.36. The second kappa shape index (κ2) is 8.63. The van der Waals surface area contributed by atoms with Gasteiger partial charge in [0, 0.05) is 34.2 Å². The number of ether oxygens (including phenoxy) is 2. The third-order valence-electron chi connectivity index (χ3n) is 5.15. The lowest BCUT2D eigenvalue weighted by atomic mass is 9.92. The number of anilines is 1. The van der Waals surface area contributed by atoms with Crippen LogP contribution in [-0.2, 0) is 20.1 Å². The molecule has 5 nitrogen and oxygen atoms in total. The molecule has 1 aliphatic rings. The smallest absolute Gasteiger partial charge is 0.222 e. The predicted octanol–water partition coefficient (Wildman–Crippen LogP) is 5.09. The van der Waals surface area contributed by atoms with E-state index in [2.05, 4.69) is 5.32 Å². The minimum absolute atomic E-state index is 0.196. The molecule has 0 unspecified atom stereocenters. The predicted molar refractivity (Wildman–Crippen MR) is 119 cm³/mol. The minimum Gasteiger partial charge on any atom is -0.340 e. The fourth-order valence-electron chi connectivity index (χ4n) is 3.76. The van der Waals surface area contributed by atoms with Crippen LogP contribution in [0, 0.1) is 6.92 Å². The van der Waals surface area contributed by atoms with E-state index >= 15 is 0 Å². The van der Waals surface area contributed by atoms with E-state index in [9.17, 15) is 9.59 Å². The van der Waals surface area contributed by atoms with E-state index in [1.807, 2.05) is 37.3 Å². The van der Waals surface area contributed by atoms with Crippen molar-refractivity contribution >= 4 is 29.0 Å². The van der Waals surface area contributed by atoms with E-state index in [1.54, 1.807) is 36.4 Å². The molecule has 0 spiro atoms. The Morgan fingerprint density at radius 1 is 0.935 bits per heavy atom. The van der Waals surface area contributed by atoms with Gasteiger partial charge in [0.25, 0.3) is 0 Å². The van der Waals surface area contributed by atoms with E-state index in [1.165, 1.54) is 6.92 Å². The Morgan fingerprint density at radius 3 is 2.26 bits per heavy atom. The van der Waals surface area contributed by atoms with Crippen LogP contribution in [0.5, 0.6) is 0 Å². The van der Waals surface area contributed by atoms with Gasteiger partial charge in [-0.1, -0.05) is 53.6 Å². The Morgan fingerprint density at radius 2 is 1.61 bits per heavy atom. The number of hydrogen-bond donors (Lipinski definition) is 1. The Kier molecular flexibility index (Phi) is 5.92. The third kappa shape index (κ3) is 4.26. The van der Waals surface area contributed by atoms with Gasteiger partial charge in [0.05, 0.1) is 18.9 Å². The number of carbonyl (C=O) groups is 2. The third-order valence-corrected chi connectivity index (χ3v) is 5.41. The van der Waals surface area contributed by atoms with Crippen LogP contribution in [0.3, 0.4) is 0 Å². The van der Waals surface area contributed by atoms with E-state index < -0.39 is 5.79 Å². The van der Waals surface area contributed by atoms with Crippen molar-refractivity contribution in [3.63, 3.8) is 0 Å². The fourth-order valence-corrected chi connectivity index (χ4v) is 3.89. The molecule has 0 aliphatic carbocycles. The maximum atomic E-state index is 13.4. The lowest BCUT2D eigenvalue weighted by Crippen LogP contribution is -2.29. The SMILES string of the molecule is CC(=O)Nc1ccc(C2(c3ccc(Cl)cc3)OCCO2)cc1C(=O)c1cccc(C)c1. The molecule has 31 heavy (non-hydrogen) atoms. The van der Waals surface area contributed by atoms with Crippen LogP contribution in [0.2, 0.25) is 5.02 Å². The average Bonchev–Trinajstić information content (AvgIpc) is 3.25. The molecule has 6 heteroatoms. The summed E-state index contributed by atoms with van der Waals surface area (Å²) in [6, 6.07) is 19.8. The van der Waals surface area contributed by atoms with Crippen LogP contribution >= 0.6 is 11.6 Å². The van der Waals surface area contributed by atoms with Crippen LogP contribution < -0.4 is 5.32 Å². The van der Waals surface area contributed by atoms with Crippen molar-refractivity contribution in [2.24, 2.45) is 0 Å². The van der Waals surface area contributed by atoms with Crippen molar-refractivity contribution in [1.29, 1.82) is 0 Å². The van der Waals surface area contributed by atoms with Crippen molar-refractivity contribution in [3.8, 4) is 0 Å². The number of halogens is 1. The van der Waals surface area contributed by atoms with Crippen LogP contribution in [0.1, 0.15) is 39.5 Å². The number of benzene rings is 3. The van der Waals surface area contributed by atoms with Gasteiger partial charge in [-0.3, -0.25) is 9.59 Å². The maximum absolute atomic E-state index is 13.4. The van der Waals surface area contributed by atoms with Crippen molar-refractivity contribution in [3.05, 3.63) is 99.6 Å². The summed E-state index contributed by atoms with van der Waals surface area (Å²) in [5.41, 5.74) is 3.76. The molecule has 0 bridgehead atoms. The van der Waals surface area contributed by atoms with Crippen molar-refractivity contribution in [1.82, 2.24) is 0 Å². The molecule has 4 rings (SSSR count). The van der Waals surface area contributed by atoms with E-state index in [-0.39, 0.29) is 11.7 Å². The number of aryl methyl sites for hydroxylation is 1.